The number of rotatable bonds is 3. The number of benzene rings is 1. The molecule has 0 bridgehead atoms. The van der Waals surface area contributed by atoms with Crippen molar-refractivity contribution in [1.82, 2.24) is 4.90 Å². The van der Waals surface area contributed by atoms with E-state index in [-0.39, 0.29) is 18.0 Å². The van der Waals surface area contributed by atoms with Crippen molar-refractivity contribution in [1.29, 1.82) is 0 Å². The molecule has 1 fully saturated rings. The van der Waals surface area contributed by atoms with Crippen LogP contribution < -0.4 is 5.73 Å². The molecule has 100 valence electrons. The number of nitrogens with zero attached hydrogens (tertiary/aromatic N) is 1. The highest BCUT2D eigenvalue weighted by Gasteiger charge is 2.38. The maximum Gasteiger partial charge on any atom is 0.224 e. The van der Waals surface area contributed by atoms with Crippen molar-refractivity contribution in [2.24, 2.45) is 5.73 Å². The zero-order chi connectivity index (χ0) is 13.4. The molecule has 1 aromatic heterocycles. The van der Waals surface area contributed by atoms with Gasteiger partial charge < -0.3 is 10.6 Å². The predicted molar refractivity (Wildman–Crippen MR) is 79.2 cm³/mol. The maximum atomic E-state index is 12.1. The van der Waals surface area contributed by atoms with E-state index in [4.69, 9.17) is 5.73 Å². The van der Waals surface area contributed by atoms with Crippen LogP contribution in [0.3, 0.4) is 0 Å². The van der Waals surface area contributed by atoms with Crippen molar-refractivity contribution in [3.63, 3.8) is 0 Å². The fourth-order valence-electron chi connectivity index (χ4n) is 2.95. The summed E-state index contributed by atoms with van der Waals surface area (Å²) in [5.74, 6) is 0.189. The van der Waals surface area contributed by atoms with Gasteiger partial charge in [-0.15, -0.1) is 11.3 Å². The molecule has 0 aliphatic carbocycles. The van der Waals surface area contributed by atoms with Gasteiger partial charge in [0.05, 0.1) is 6.04 Å². The Morgan fingerprint density at radius 1 is 1.42 bits per heavy atom. The second-order valence-electron chi connectivity index (χ2n) is 5.09. The number of amides is 1. The highest BCUT2D eigenvalue weighted by molar-refractivity contribution is 7.17. The SMILES string of the molecule is CCCN1C(=O)CC(N)C1c1csc2ccccc12. The quantitative estimate of drug-likeness (QED) is 0.935. The third-order valence-electron chi connectivity index (χ3n) is 3.77. The summed E-state index contributed by atoms with van der Waals surface area (Å²) < 4.78 is 1.26. The highest BCUT2D eigenvalue weighted by atomic mass is 32.1. The molecule has 1 amide bonds. The summed E-state index contributed by atoms with van der Waals surface area (Å²) in [4.78, 5) is 14.0. The lowest BCUT2D eigenvalue weighted by Crippen LogP contribution is -2.33. The minimum atomic E-state index is -0.0861. The fourth-order valence-corrected chi connectivity index (χ4v) is 3.94. The lowest BCUT2D eigenvalue weighted by atomic mass is 10.00. The maximum absolute atomic E-state index is 12.1. The molecule has 2 unspecified atom stereocenters. The van der Waals surface area contributed by atoms with Crippen molar-refractivity contribution in [3.05, 3.63) is 35.2 Å². The molecule has 0 spiro atoms. The predicted octanol–water partition coefficient (Wildman–Crippen LogP) is 2.91. The molecule has 2 heterocycles. The zero-order valence-corrected chi connectivity index (χ0v) is 11.8. The summed E-state index contributed by atoms with van der Waals surface area (Å²) >= 11 is 1.73. The first-order valence-electron chi connectivity index (χ1n) is 6.73. The van der Waals surface area contributed by atoms with E-state index in [1.807, 2.05) is 17.0 Å². The normalized spacial score (nSPS) is 23.5. The Hall–Kier alpha value is -1.39. The molecule has 2 N–H and O–H groups in total. The van der Waals surface area contributed by atoms with Crippen LogP contribution >= 0.6 is 11.3 Å². The van der Waals surface area contributed by atoms with E-state index in [9.17, 15) is 4.79 Å². The second kappa shape index (κ2) is 4.94. The summed E-state index contributed by atoms with van der Waals surface area (Å²) in [7, 11) is 0. The smallest absolute Gasteiger partial charge is 0.224 e. The first kappa shape index (κ1) is 12.6. The Bertz CT molecular complexity index is 607. The van der Waals surface area contributed by atoms with Gasteiger partial charge >= 0.3 is 0 Å². The molecule has 2 atom stereocenters. The number of hydrogen-bond acceptors (Lipinski definition) is 3. The highest BCUT2D eigenvalue weighted by Crippen LogP contribution is 2.38. The van der Waals surface area contributed by atoms with E-state index < -0.39 is 0 Å². The molecule has 1 aromatic carbocycles. The third kappa shape index (κ3) is 2.05. The first-order valence-corrected chi connectivity index (χ1v) is 7.61. The molecular formula is C15H18N2OS. The Balaban J connectivity index is 2.06. The van der Waals surface area contributed by atoms with Crippen molar-refractivity contribution in [2.75, 3.05) is 6.54 Å². The zero-order valence-electron chi connectivity index (χ0n) is 11.0. The van der Waals surface area contributed by atoms with E-state index in [1.165, 1.54) is 15.6 Å². The van der Waals surface area contributed by atoms with Crippen molar-refractivity contribution < 1.29 is 4.79 Å². The second-order valence-corrected chi connectivity index (χ2v) is 6.00. The molecule has 3 nitrogen and oxygen atoms in total. The molecule has 1 aliphatic rings. The van der Waals surface area contributed by atoms with Gasteiger partial charge in [-0.05, 0) is 28.8 Å². The van der Waals surface area contributed by atoms with Crippen LogP contribution in [0.2, 0.25) is 0 Å². The summed E-state index contributed by atoms with van der Waals surface area (Å²) in [5, 5.41) is 3.40. The number of carbonyl (C=O) groups excluding carboxylic acids is 1. The molecule has 0 saturated carbocycles. The first-order chi connectivity index (χ1) is 9.22. The van der Waals surface area contributed by atoms with Crippen LogP contribution in [0.25, 0.3) is 10.1 Å². The van der Waals surface area contributed by atoms with Crippen LogP contribution in [0.15, 0.2) is 29.6 Å². The standard InChI is InChI=1S/C15H18N2OS/c1-2-7-17-14(18)8-12(16)15(17)11-9-19-13-6-4-3-5-10(11)13/h3-6,9,12,15H,2,7-8,16H2,1H3. The van der Waals surface area contributed by atoms with Crippen LogP contribution in [-0.2, 0) is 4.79 Å². The number of carbonyl (C=O) groups is 1. The average Bonchev–Trinajstić information content (AvgIpc) is 2.92. The van der Waals surface area contributed by atoms with Crippen molar-refractivity contribution in [3.8, 4) is 0 Å². The Kier molecular flexibility index (Phi) is 3.29. The number of likely N-dealkylation sites (tertiary alicyclic amines) is 1. The van der Waals surface area contributed by atoms with Gasteiger partial charge in [0.25, 0.3) is 0 Å². The molecule has 1 aliphatic heterocycles. The van der Waals surface area contributed by atoms with Gasteiger partial charge in [0.1, 0.15) is 0 Å². The van der Waals surface area contributed by atoms with Gasteiger partial charge in [0.15, 0.2) is 0 Å². The van der Waals surface area contributed by atoms with Crippen LogP contribution in [0, 0.1) is 0 Å². The largest absolute Gasteiger partial charge is 0.334 e. The Morgan fingerprint density at radius 3 is 3.00 bits per heavy atom. The van der Waals surface area contributed by atoms with Gasteiger partial charge in [-0.25, -0.2) is 0 Å². The van der Waals surface area contributed by atoms with Gasteiger partial charge in [-0.2, -0.15) is 0 Å². The van der Waals surface area contributed by atoms with Gasteiger partial charge in [0, 0.05) is 23.7 Å². The fraction of sp³-hybridized carbons (Fsp3) is 0.400. The molecule has 19 heavy (non-hydrogen) atoms. The molecule has 3 rings (SSSR count). The summed E-state index contributed by atoms with van der Waals surface area (Å²) in [6, 6.07) is 8.30. The average molecular weight is 274 g/mol. The number of fused-ring (bicyclic) bond motifs is 1. The Morgan fingerprint density at radius 2 is 2.21 bits per heavy atom. The van der Waals surface area contributed by atoms with E-state index in [2.05, 4.69) is 24.4 Å². The minimum Gasteiger partial charge on any atom is -0.334 e. The molecule has 1 saturated heterocycles. The summed E-state index contributed by atoms with van der Waals surface area (Å²) in [5.41, 5.74) is 7.43. The van der Waals surface area contributed by atoms with Crippen molar-refractivity contribution >= 4 is 27.3 Å². The van der Waals surface area contributed by atoms with E-state index >= 15 is 0 Å². The van der Waals surface area contributed by atoms with Crippen LogP contribution in [0.1, 0.15) is 31.4 Å². The molecule has 4 heteroatoms. The van der Waals surface area contributed by atoms with Crippen LogP contribution in [0.4, 0.5) is 0 Å². The monoisotopic (exact) mass is 274 g/mol. The molecule has 0 radical (unpaired) electrons. The Labute approximate surface area is 117 Å². The summed E-state index contributed by atoms with van der Waals surface area (Å²) in [6.45, 7) is 2.89. The molecule has 2 aromatic rings. The van der Waals surface area contributed by atoms with Gasteiger partial charge in [-0.3, -0.25) is 4.79 Å². The lowest BCUT2D eigenvalue weighted by Gasteiger charge is -2.26. The van der Waals surface area contributed by atoms with Crippen LogP contribution in [-0.4, -0.2) is 23.4 Å². The van der Waals surface area contributed by atoms with Crippen molar-refractivity contribution in [2.45, 2.75) is 31.8 Å². The number of nitrogens with two attached hydrogens (primary N) is 1. The summed E-state index contributed by atoms with van der Waals surface area (Å²) in [6.07, 6.45) is 1.44. The van der Waals surface area contributed by atoms with Gasteiger partial charge in [-0.1, -0.05) is 25.1 Å². The van der Waals surface area contributed by atoms with E-state index in [1.54, 1.807) is 11.3 Å². The van der Waals surface area contributed by atoms with Crippen LogP contribution in [0.5, 0.6) is 0 Å². The van der Waals surface area contributed by atoms with Gasteiger partial charge in [0.2, 0.25) is 5.91 Å². The topological polar surface area (TPSA) is 46.3 Å². The molecular weight excluding hydrogens is 256 g/mol. The number of hydrogen-bond donors (Lipinski definition) is 1. The number of thiophene rings is 1. The minimum absolute atomic E-state index is 0.0450. The lowest BCUT2D eigenvalue weighted by molar-refractivity contribution is -0.129. The van der Waals surface area contributed by atoms with E-state index in [0.29, 0.717) is 6.42 Å². The third-order valence-corrected chi connectivity index (χ3v) is 4.75. The van der Waals surface area contributed by atoms with E-state index in [0.717, 1.165) is 13.0 Å².